The molecule has 0 bridgehead atoms. The number of hydrogen-bond acceptors (Lipinski definition) is 16. The van der Waals surface area contributed by atoms with Gasteiger partial charge in [-0.15, -0.1) is 0 Å². The molecule has 2 atom stereocenters. The average Bonchev–Trinajstić information content (AvgIpc) is 4.32. The number of piperazine rings is 2. The maximum absolute atomic E-state index is 14.8. The van der Waals surface area contributed by atoms with Crippen LogP contribution in [0.2, 0.25) is 0 Å². The van der Waals surface area contributed by atoms with Gasteiger partial charge in [0.25, 0.3) is 11.8 Å². The molecule has 2 amide bonds. The van der Waals surface area contributed by atoms with Crippen molar-refractivity contribution in [1.29, 1.82) is 0 Å². The Morgan fingerprint density at radius 3 is 1.21 bits per heavy atom. The number of aromatic nitrogens is 4. The number of hydrogen-bond donors (Lipinski definition) is 2. The molecule has 10 rings (SSSR count). The van der Waals surface area contributed by atoms with E-state index in [4.69, 9.17) is 0 Å². The van der Waals surface area contributed by atoms with Gasteiger partial charge in [0.05, 0.1) is 32.4 Å². The van der Waals surface area contributed by atoms with Gasteiger partial charge in [0.2, 0.25) is 11.9 Å². The third kappa shape index (κ3) is 12.7. The lowest BCUT2D eigenvalue weighted by Gasteiger charge is -2.41. The van der Waals surface area contributed by atoms with E-state index in [9.17, 15) is 45.4 Å². The first-order valence-corrected chi connectivity index (χ1v) is 30.4. The van der Waals surface area contributed by atoms with Crippen molar-refractivity contribution < 1.29 is 45.4 Å². The number of sulfone groups is 2. The molecule has 6 fully saturated rings. The molecule has 4 aromatic rings. The topological polar surface area (TPSA) is 214 Å². The second-order valence-corrected chi connectivity index (χ2v) is 26.6. The Kier molecular flexibility index (Phi) is 15.7. The maximum atomic E-state index is 14.8. The van der Waals surface area contributed by atoms with E-state index in [0.717, 1.165) is 76.0 Å². The Bertz CT molecular complexity index is 2810. The van der Waals surface area contributed by atoms with Crippen LogP contribution in [-0.4, -0.2) is 168 Å². The average molecular weight is 1090 g/mol. The molecule has 2 aromatic heterocycles. The van der Waals surface area contributed by atoms with E-state index in [1.165, 1.54) is 24.3 Å². The van der Waals surface area contributed by atoms with E-state index in [1.807, 2.05) is 57.1 Å². The smallest absolute Gasteiger partial charge is 0.273 e. The first kappa shape index (κ1) is 55.2. The number of anilines is 4. The Hall–Kier alpha value is -5.58. The van der Waals surface area contributed by atoms with Crippen molar-refractivity contribution in [2.24, 2.45) is 0 Å². The van der Waals surface area contributed by atoms with E-state index in [-0.39, 0.29) is 57.9 Å². The van der Waals surface area contributed by atoms with Gasteiger partial charge in [-0.1, -0.05) is 0 Å². The Balaban J connectivity index is 0.000000186. The molecule has 2 saturated heterocycles. The lowest BCUT2D eigenvalue weighted by atomic mass is 9.83. The second-order valence-electron chi connectivity index (χ2n) is 22.6. The van der Waals surface area contributed by atoms with Crippen molar-refractivity contribution in [2.75, 3.05) is 71.4 Å². The number of aliphatic hydroxyl groups is 2. The van der Waals surface area contributed by atoms with Gasteiger partial charge < -0.3 is 39.6 Å². The minimum absolute atomic E-state index is 0.0424. The Morgan fingerprint density at radius 1 is 0.566 bits per heavy atom. The molecule has 76 heavy (non-hydrogen) atoms. The molecule has 2 aromatic carbocycles. The van der Waals surface area contributed by atoms with Crippen molar-refractivity contribution in [1.82, 2.24) is 29.7 Å². The summed E-state index contributed by atoms with van der Waals surface area (Å²) in [5, 5.41) is 20.7. The van der Waals surface area contributed by atoms with Crippen LogP contribution in [-0.2, 0) is 19.7 Å². The molecule has 0 unspecified atom stereocenters. The molecular weight excluding hydrogens is 1020 g/mol. The number of nitrogens with zero attached hydrogens (tertiary/aromatic N) is 10. The minimum Gasteiger partial charge on any atom is -0.390 e. The van der Waals surface area contributed by atoms with Gasteiger partial charge in [0, 0.05) is 100 Å². The van der Waals surface area contributed by atoms with E-state index in [0.29, 0.717) is 99.6 Å². The zero-order valence-electron chi connectivity index (χ0n) is 44.4. The normalized spacial score (nSPS) is 26.3. The van der Waals surface area contributed by atoms with Crippen LogP contribution in [0, 0.1) is 11.6 Å². The third-order valence-electron chi connectivity index (χ3n) is 16.1. The largest absolute Gasteiger partial charge is 0.390 e. The summed E-state index contributed by atoms with van der Waals surface area (Å²) >= 11 is 0. The quantitative estimate of drug-likeness (QED) is 0.165. The highest BCUT2D eigenvalue weighted by atomic mass is 32.2. The Morgan fingerprint density at radius 2 is 0.908 bits per heavy atom. The van der Waals surface area contributed by atoms with Crippen LogP contribution in [0.5, 0.6) is 0 Å². The molecule has 4 heterocycles. The standard InChI is InChI=1S/2C27H36FN5O4S/c2*1-18-17-31(24-7-6-21(16-22(24)28)38(3,36)37)14-15-32(18)26-29-13-10-23(30-26)25(34)33(19-4-5-19)20-8-11-27(2,35)12-9-20/h2*6-7,10,13,16,18-20,35H,4-5,8-9,11-12,14-15,17H2,1-3H3/t2*18-,20?,27?/m11/s1. The molecule has 4 aliphatic carbocycles. The molecule has 22 heteroatoms. The fraction of sp³-hybridized carbons (Fsp3) is 0.593. The van der Waals surface area contributed by atoms with Crippen molar-refractivity contribution in [2.45, 2.75) is 162 Å². The van der Waals surface area contributed by atoms with Gasteiger partial charge in [-0.25, -0.2) is 45.6 Å². The van der Waals surface area contributed by atoms with Gasteiger partial charge in [-0.05, 0) is 153 Å². The van der Waals surface area contributed by atoms with Gasteiger partial charge >= 0.3 is 0 Å². The molecule has 18 nitrogen and oxygen atoms in total. The number of amides is 2. The van der Waals surface area contributed by atoms with Crippen molar-refractivity contribution >= 4 is 54.8 Å². The van der Waals surface area contributed by atoms with E-state index < -0.39 is 42.5 Å². The van der Waals surface area contributed by atoms with Crippen molar-refractivity contribution in [3.8, 4) is 0 Å². The minimum atomic E-state index is -3.49. The zero-order chi connectivity index (χ0) is 54.5. The summed E-state index contributed by atoms with van der Waals surface area (Å²) < 4.78 is 76.6. The summed E-state index contributed by atoms with van der Waals surface area (Å²) in [6.07, 6.45) is 15.2. The highest BCUT2D eigenvalue weighted by Gasteiger charge is 2.43. The van der Waals surface area contributed by atoms with Crippen LogP contribution in [0.4, 0.5) is 32.1 Å². The van der Waals surface area contributed by atoms with Gasteiger partial charge in [0.15, 0.2) is 19.7 Å². The van der Waals surface area contributed by atoms with Gasteiger partial charge in [0.1, 0.15) is 23.0 Å². The predicted octanol–water partition coefficient (Wildman–Crippen LogP) is 6.07. The lowest BCUT2D eigenvalue weighted by Crippen LogP contribution is -2.53. The fourth-order valence-corrected chi connectivity index (χ4v) is 12.6. The van der Waals surface area contributed by atoms with Crippen LogP contribution in [0.25, 0.3) is 0 Å². The van der Waals surface area contributed by atoms with Crippen LogP contribution < -0.4 is 19.6 Å². The van der Waals surface area contributed by atoms with Gasteiger partial charge in [-0.2, -0.15) is 0 Å². The summed E-state index contributed by atoms with van der Waals surface area (Å²) in [5.74, 6) is -0.357. The van der Waals surface area contributed by atoms with Crippen molar-refractivity contribution in [3.05, 3.63) is 83.9 Å². The van der Waals surface area contributed by atoms with Crippen LogP contribution >= 0.6 is 0 Å². The number of carbonyl (C=O) groups excluding carboxylic acids is 2. The lowest BCUT2D eigenvalue weighted by molar-refractivity contribution is -0.00513. The second kappa shape index (κ2) is 21.7. The van der Waals surface area contributed by atoms with Crippen LogP contribution in [0.1, 0.15) is 126 Å². The van der Waals surface area contributed by atoms with Gasteiger partial charge in [-0.3, -0.25) is 9.59 Å². The summed E-state index contributed by atoms with van der Waals surface area (Å²) in [6, 6.07) is 11.9. The predicted molar refractivity (Wildman–Crippen MR) is 285 cm³/mol. The number of halogens is 2. The van der Waals surface area contributed by atoms with Crippen LogP contribution in [0.15, 0.2) is 70.7 Å². The van der Waals surface area contributed by atoms with E-state index >= 15 is 0 Å². The van der Waals surface area contributed by atoms with E-state index in [1.54, 1.807) is 24.5 Å². The number of carbonyl (C=O) groups is 2. The molecule has 2 aliphatic heterocycles. The summed E-state index contributed by atoms with van der Waals surface area (Å²) in [6.45, 7) is 10.8. The van der Waals surface area contributed by atoms with E-state index in [2.05, 4.69) is 19.9 Å². The molecule has 4 saturated carbocycles. The van der Waals surface area contributed by atoms with Crippen LogP contribution in [0.3, 0.4) is 0 Å². The Labute approximate surface area is 445 Å². The first-order chi connectivity index (χ1) is 35.9. The number of benzene rings is 2. The molecule has 412 valence electrons. The highest BCUT2D eigenvalue weighted by molar-refractivity contribution is 7.91. The first-order valence-electron chi connectivity index (χ1n) is 26.6. The zero-order valence-corrected chi connectivity index (χ0v) is 46.0. The third-order valence-corrected chi connectivity index (χ3v) is 18.3. The highest BCUT2D eigenvalue weighted by Crippen LogP contribution is 2.40. The molecule has 2 N–H and O–H groups in total. The molecule has 0 radical (unpaired) electrons. The summed E-state index contributed by atoms with van der Waals surface area (Å²) in [7, 11) is -6.97. The van der Waals surface area contributed by atoms with Crippen molar-refractivity contribution in [3.63, 3.8) is 0 Å². The fourth-order valence-electron chi connectivity index (χ4n) is 11.3. The summed E-state index contributed by atoms with van der Waals surface area (Å²) in [4.78, 5) is 57.3. The molecular formula is C54H72F2N10O8S2. The molecule has 0 spiro atoms. The SMILES string of the molecule is C[C@@H]1CN(c2ccc(S(C)(=O)=O)cc2F)CCN1c1nccc(C(=O)N(C2CC2)C2CCC(C)(O)CC2)n1.C[C@@H]1CN(c2ccc(S(C)(=O)=O)cc2F)CCN1c1nccc(C(=O)N(C2CC2)C2CCC(C)(O)CC2)n1. The summed E-state index contributed by atoms with van der Waals surface area (Å²) in [5.41, 5.74) is 0.148. The molecule has 6 aliphatic rings. The monoisotopic (exact) mass is 1090 g/mol. The number of rotatable bonds is 12. The maximum Gasteiger partial charge on any atom is 0.273 e.